The first-order chi connectivity index (χ1) is 9.66. The lowest BCUT2D eigenvalue weighted by atomic mass is 10.1. The van der Waals surface area contributed by atoms with Crippen molar-refractivity contribution in [3.8, 4) is 0 Å². The molecule has 2 atom stereocenters. The molecule has 0 bridgehead atoms. The largest absolute Gasteiger partial charge is 0.413 e. The second-order valence-electron chi connectivity index (χ2n) is 9.89. The quantitative estimate of drug-likeness (QED) is 0.745. The normalized spacial score (nSPS) is 25.4. The Morgan fingerprint density at radius 1 is 0.727 bits per heavy atom. The van der Waals surface area contributed by atoms with E-state index in [1.54, 1.807) is 0 Å². The summed E-state index contributed by atoms with van der Waals surface area (Å²) in [6.07, 6.45) is 1.63. The molecule has 5 heteroatoms. The van der Waals surface area contributed by atoms with E-state index >= 15 is 0 Å². The highest BCUT2D eigenvalue weighted by molar-refractivity contribution is 6.74. The van der Waals surface area contributed by atoms with Gasteiger partial charge in [-0.3, -0.25) is 0 Å². The first-order valence-electron chi connectivity index (χ1n) is 8.72. The molecular formula is C17H39NO2Si2. The van der Waals surface area contributed by atoms with Crippen molar-refractivity contribution in [2.45, 2.75) is 96.4 Å². The van der Waals surface area contributed by atoms with Crippen molar-refractivity contribution in [2.75, 3.05) is 13.1 Å². The molecule has 0 aliphatic carbocycles. The van der Waals surface area contributed by atoms with Gasteiger partial charge in [0.1, 0.15) is 0 Å². The summed E-state index contributed by atoms with van der Waals surface area (Å²) in [5.41, 5.74) is 0. The van der Waals surface area contributed by atoms with E-state index in [2.05, 4.69) is 73.0 Å². The SMILES string of the molecule is CC(C)(C)[Si](C)(C)OC1CNCC(O[Si](C)(C)C(C)(C)C)C1. The molecule has 1 aliphatic rings. The van der Waals surface area contributed by atoms with Gasteiger partial charge in [-0.1, -0.05) is 41.5 Å². The molecule has 0 aromatic heterocycles. The molecule has 1 N–H and O–H groups in total. The second kappa shape index (κ2) is 6.67. The van der Waals surface area contributed by atoms with Gasteiger partial charge < -0.3 is 14.2 Å². The van der Waals surface area contributed by atoms with Gasteiger partial charge in [-0.2, -0.15) is 0 Å². The molecule has 0 aromatic carbocycles. The fourth-order valence-electron chi connectivity index (χ4n) is 2.23. The highest BCUT2D eigenvalue weighted by atomic mass is 28.4. The van der Waals surface area contributed by atoms with Crippen molar-refractivity contribution in [3.63, 3.8) is 0 Å². The Morgan fingerprint density at radius 2 is 1.05 bits per heavy atom. The van der Waals surface area contributed by atoms with Crippen molar-refractivity contribution in [1.82, 2.24) is 5.32 Å². The van der Waals surface area contributed by atoms with Crippen molar-refractivity contribution >= 4 is 16.6 Å². The summed E-state index contributed by atoms with van der Waals surface area (Å²) in [5, 5.41) is 4.06. The number of hydrogen-bond donors (Lipinski definition) is 1. The number of hydrogen-bond acceptors (Lipinski definition) is 3. The maximum Gasteiger partial charge on any atom is 0.192 e. The van der Waals surface area contributed by atoms with Gasteiger partial charge in [0.25, 0.3) is 0 Å². The highest BCUT2D eigenvalue weighted by Gasteiger charge is 2.42. The van der Waals surface area contributed by atoms with Crippen molar-refractivity contribution in [2.24, 2.45) is 0 Å². The van der Waals surface area contributed by atoms with Gasteiger partial charge in [0.05, 0.1) is 12.2 Å². The van der Waals surface area contributed by atoms with Crippen molar-refractivity contribution in [1.29, 1.82) is 0 Å². The van der Waals surface area contributed by atoms with Crippen LogP contribution in [0.3, 0.4) is 0 Å². The van der Waals surface area contributed by atoms with Crippen LogP contribution in [0.5, 0.6) is 0 Å². The lowest BCUT2D eigenvalue weighted by Crippen LogP contribution is -2.54. The Hall–Kier alpha value is 0.314. The van der Waals surface area contributed by atoms with E-state index in [-0.39, 0.29) is 10.1 Å². The number of piperidine rings is 1. The smallest absolute Gasteiger partial charge is 0.192 e. The van der Waals surface area contributed by atoms with E-state index in [9.17, 15) is 0 Å². The van der Waals surface area contributed by atoms with Crippen LogP contribution in [-0.2, 0) is 8.85 Å². The van der Waals surface area contributed by atoms with Gasteiger partial charge in [0, 0.05) is 13.1 Å². The molecule has 0 amide bonds. The fraction of sp³-hybridized carbons (Fsp3) is 1.00. The predicted octanol–water partition coefficient (Wildman–Crippen LogP) is 4.76. The van der Waals surface area contributed by atoms with E-state index in [1.807, 2.05) is 0 Å². The van der Waals surface area contributed by atoms with Crippen LogP contribution in [0, 0.1) is 0 Å². The van der Waals surface area contributed by atoms with Gasteiger partial charge in [0.15, 0.2) is 16.6 Å². The first-order valence-corrected chi connectivity index (χ1v) is 14.5. The molecule has 3 nitrogen and oxygen atoms in total. The van der Waals surface area contributed by atoms with Crippen LogP contribution in [0.2, 0.25) is 36.3 Å². The number of nitrogens with one attached hydrogen (secondary N) is 1. The minimum absolute atomic E-state index is 0.264. The molecule has 22 heavy (non-hydrogen) atoms. The molecule has 2 unspecified atom stereocenters. The number of rotatable bonds is 4. The lowest BCUT2D eigenvalue weighted by molar-refractivity contribution is 0.0644. The molecule has 1 fully saturated rings. The topological polar surface area (TPSA) is 30.5 Å². The van der Waals surface area contributed by atoms with E-state index in [4.69, 9.17) is 8.85 Å². The third kappa shape index (κ3) is 5.16. The highest BCUT2D eigenvalue weighted by Crippen LogP contribution is 2.40. The minimum Gasteiger partial charge on any atom is -0.413 e. The molecule has 1 rings (SSSR count). The van der Waals surface area contributed by atoms with Gasteiger partial charge in [-0.15, -0.1) is 0 Å². The molecule has 0 aromatic rings. The third-order valence-electron chi connectivity index (χ3n) is 5.80. The summed E-state index contributed by atoms with van der Waals surface area (Å²) in [6, 6.07) is 0. The predicted molar refractivity (Wildman–Crippen MR) is 102 cm³/mol. The lowest BCUT2D eigenvalue weighted by Gasteiger charge is -2.44. The molecule has 1 saturated heterocycles. The van der Waals surface area contributed by atoms with Crippen LogP contribution in [0.15, 0.2) is 0 Å². The molecule has 1 heterocycles. The maximum absolute atomic E-state index is 6.59. The molecule has 0 radical (unpaired) electrons. The van der Waals surface area contributed by atoms with Gasteiger partial charge in [0.2, 0.25) is 0 Å². The summed E-state index contributed by atoms with van der Waals surface area (Å²) < 4.78 is 13.2. The zero-order chi connectivity index (χ0) is 17.4. The summed E-state index contributed by atoms with van der Waals surface area (Å²) in [5.74, 6) is 0. The molecule has 132 valence electrons. The molecular weight excluding hydrogens is 306 g/mol. The average Bonchev–Trinajstić information content (AvgIpc) is 2.24. The van der Waals surface area contributed by atoms with E-state index in [0.29, 0.717) is 12.2 Å². The monoisotopic (exact) mass is 345 g/mol. The Morgan fingerprint density at radius 3 is 1.32 bits per heavy atom. The Balaban J connectivity index is 2.66. The fourth-order valence-corrected chi connectivity index (χ4v) is 4.96. The van der Waals surface area contributed by atoms with Gasteiger partial charge in [-0.05, 0) is 42.7 Å². The average molecular weight is 346 g/mol. The zero-order valence-electron chi connectivity index (χ0n) is 16.6. The molecule has 0 spiro atoms. The Bertz CT molecular complexity index is 336. The van der Waals surface area contributed by atoms with Crippen LogP contribution in [0.1, 0.15) is 48.0 Å². The minimum atomic E-state index is -1.70. The second-order valence-corrected chi connectivity index (χ2v) is 19.4. The molecule has 1 aliphatic heterocycles. The first kappa shape index (κ1) is 20.4. The van der Waals surface area contributed by atoms with Gasteiger partial charge in [-0.25, -0.2) is 0 Å². The molecule has 0 saturated carbocycles. The van der Waals surface area contributed by atoms with Crippen LogP contribution in [-0.4, -0.2) is 41.9 Å². The Kier molecular flexibility index (Phi) is 6.17. The van der Waals surface area contributed by atoms with Crippen LogP contribution in [0.25, 0.3) is 0 Å². The Labute approximate surface area is 140 Å². The van der Waals surface area contributed by atoms with E-state index in [0.717, 1.165) is 19.5 Å². The summed E-state index contributed by atoms with van der Waals surface area (Å²) in [7, 11) is -3.40. The van der Waals surface area contributed by atoms with Crippen molar-refractivity contribution < 1.29 is 8.85 Å². The third-order valence-corrected chi connectivity index (χ3v) is 14.9. The van der Waals surface area contributed by atoms with E-state index < -0.39 is 16.6 Å². The summed E-state index contributed by atoms with van der Waals surface area (Å²) in [4.78, 5) is 0. The van der Waals surface area contributed by atoms with Crippen molar-refractivity contribution in [3.05, 3.63) is 0 Å². The maximum atomic E-state index is 6.59. The van der Waals surface area contributed by atoms with Crippen LogP contribution < -0.4 is 5.32 Å². The summed E-state index contributed by atoms with van der Waals surface area (Å²) >= 11 is 0. The van der Waals surface area contributed by atoms with Gasteiger partial charge >= 0.3 is 0 Å². The van der Waals surface area contributed by atoms with E-state index in [1.165, 1.54) is 0 Å². The summed E-state index contributed by atoms with van der Waals surface area (Å²) in [6.45, 7) is 25.1. The van der Waals surface area contributed by atoms with Crippen LogP contribution >= 0.6 is 0 Å². The van der Waals surface area contributed by atoms with Crippen LogP contribution in [0.4, 0.5) is 0 Å². The standard InChI is InChI=1S/C17H39NO2Si2/c1-16(2,3)21(7,8)19-14-11-15(13-18-12-14)20-22(9,10)17(4,5)6/h14-15,18H,11-13H2,1-10H3. The zero-order valence-corrected chi connectivity index (χ0v) is 18.6.